The number of hydrogen-bond donors (Lipinski definition) is 0. The van der Waals surface area contributed by atoms with Gasteiger partial charge >= 0.3 is 0 Å². The normalized spacial score (nSPS) is 23.5. The van der Waals surface area contributed by atoms with Crippen LogP contribution in [0.15, 0.2) is 109 Å². The minimum Gasteiger partial charge on any atom is -0.311 e. The van der Waals surface area contributed by atoms with Crippen LogP contribution in [0.4, 0.5) is 51.2 Å². The predicted octanol–water partition coefficient (Wildman–Crippen LogP) is 21.0. The number of hydrogen-bond acceptors (Lipinski definition) is 3. The second kappa shape index (κ2) is 17.1. The van der Waals surface area contributed by atoms with Gasteiger partial charge in [-0.2, -0.15) is 0 Å². The van der Waals surface area contributed by atoms with Crippen LogP contribution >= 0.6 is 0 Å². The van der Waals surface area contributed by atoms with Gasteiger partial charge in [0, 0.05) is 45.5 Å². The molecular formula is C84H102BN3. The summed E-state index contributed by atoms with van der Waals surface area (Å²) in [5.74, 6) is 0. The van der Waals surface area contributed by atoms with E-state index in [1.54, 1.807) is 0 Å². The molecule has 0 bridgehead atoms. The van der Waals surface area contributed by atoms with Crippen LogP contribution in [0.25, 0.3) is 0 Å². The molecule has 0 N–H and O–H groups in total. The van der Waals surface area contributed by atoms with E-state index in [9.17, 15) is 0 Å². The van der Waals surface area contributed by atoms with Crippen LogP contribution in [0.3, 0.4) is 0 Å². The highest BCUT2D eigenvalue weighted by Gasteiger charge is 2.53. The first-order valence-electron chi connectivity index (χ1n) is 34.0. The largest absolute Gasteiger partial charge is 0.311 e. The molecule has 0 aromatic heterocycles. The molecule has 0 amide bonds. The number of nitrogens with zero attached hydrogens (tertiary/aromatic N) is 3. The van der Waals surface area contributed by atoms with E-state index in [2.05, 4.69) is 290 Å². The van der Waals surface area contributed by atoms with E-state index in [1.165, 1.54) is 134 Å². The molecule has 0 radical (unpaired) electrons. The lowest BCUT2D eigenvalue weighted by molar-refractivity contribution is 0.402. The molecule has 2 heterocycles. The Morgan fingerprint density at radius 3 is 0.807 bits per heavy atom. The first-order chi connectivity index (χ1) is 40.5. The van der Waals surface area contributed by atoms with Crippen molar-refractivity contribution >= 4 is 74.3 Å². The lowest BCUT2D eigenvalue weighted by Crippen LogP contribution is -2.62. The number of benzene rings is 7. The Labute approximate surface area is 531 Å². The topological polar surface area (TPSA) is 9.72 Å². The minimum atomic E-state index is -0.0275. The Bertz CT molecular complexity index is 3990. The summed E-state index contributed by atoms with van der Waals surface area (Å²) in [6.07, 6.45) is 6.70. The molecular weight excluding hydrogens is 1060 g/mol. The quantitative estimate of drug-likeness (QED) is 0.159. The molecule has 88 heavy (non-hydrogen) atoms. The molecule has 0 saturated heterocycles. The van der Waals surface area contributed by atoms with Gasteiger partial charge in [-0.3, -0.25) is 0 Å². The van der Waals surface area contributed by atoms with Crippen LogP contribution in [0.2, 0.25) is 0 Å². The maximum Gasteiger partial charge on any atom is 0.252 e. The Morgan fingerprint density at radius 2 is 0.500 bits per heavy atom. The lowest BCUT2D eigenvalue weighted by atomic mass is 9.33. The van der Waals surface area contributed by atoms with Gasteiger partial charge in [-0.1, -0.05) is 203 Å². The molecule has 456 valence electrons. The van der Waals surface area contributed by atoms with Crippen LogP contribution in [0.5, 0.6) is 0 Å². The zero-order valence-electron chi connectivity index (χ0n) is 58.6. The van der Waals surface area contributed by atoms with Crippen LogP contribution in [-0.4, -0.2) is 6.71 Å². The number of fused-ring (bicyclic) bond motifs is 10. The van der Waals surface area contributed by atoms with E-state index in [-0.39, 0.29) is 71.7 Å². The molecule has 0 fully saturated rings. The molecule has 8 aliphatic rings. The van der Waals surface area contributed by atoms with Gasteiger partial charge in [-0.05, 0) is 259 Å². The second-order valence-corrected chi connectivity index (χ2v) is 37.8. The van der Waals surface area contributed by atoms with E-state index >= 15 is 0 Å². The van der Waals surface area contributed by atoms with E-state index in [0.717, 1.165) is 38.5 Å². The Hall–Kier alpha value is -6.00. The molecule has 0 atom stereocenters. The molecule has 3 nitrogen and oxygen atoms in total. The maximum atomic E-state index is 2.79. The van der Waals surface area contributed by atoms with Crippen molar-refractivity contribution in [2.45, 2.75) is 270 Å². The van der Waals surface area contributed by atoms with Crippen molar-refractivity contribution in [2.75, 3.05) is 14.7 Å². The summed E-state index contributed by atoms with van der Waals surface area (Å²) < 4.78 is 0. The average molecular weight is 1160 g/mol. The van der Waals surface area contributed by atoms with Crippen molar-refractivity contribution in [3.05, 3.63) is 176 Å². The first-order valence-corrected chi connectivity index (χ1v) is 34.0. The third-order valence-corrected chi connectivity index (χ3v) is 24.7. The lowest BCUT2D eigenvalue weighted by Gasteiger charge is -2.46. The maximum absolute atomic E-state index is 2.79. The molecule has 0 spiro atoms. The van der Waals surface area contributed by atoms with Crippen molar-refractivity contribution in [3.8, 4) is 0 Å². The number of anilines is 9. The summed E-state index contributed by atoms with van der Waals surface area (Å²) >= 11 is 0. The summed E-state index contributed by atoms with van der Waals surface area (Å²) in [4.78, 5) is 8.27. The highest BCUT2D eigenvalue weighted by Crippen LogP contribution is 2.60. The van der Waals surface area contributed by atoms with Gasteiger partial charge in [0.05, 0.1) is 5.69 Å². The summed E-state index contributed by atoms with van der Waals surface area (Å²) in [5, 5.41) is 0. The molecule has 15 rings (SSSR count). The average Bonchev–Trinajstić information content (AvgIpc) is 0.971. The van der Waals surface area contributed by atoms with E-state index in [4.69, 9.17) is 0 Å². The van der Waals surface area contributed by atoms with E-state index < -0.39 is 0 Å². The standard InChI is InChI=1S/C84H102BN3/c1-73(2)43-77(9,10)58-33-49(25-29-54(58)73)86(50-26-30-55-59(34-50)78(11,12)44-74(55,3)4)53-37-70-72-71(38-53)88(52-28-32-57-61(36-52)80(15,16)46-76(57,7)8)69-42-65-63(82(19,20)48-84(65,23)24)40-67(69)85(72)66-39-62-64(83(21,22)47-81(62,17)18)41-68(66)87(70)51-27-31-56-60(35-51)79(13,14)45-75(56,5)6/h25-42H,43-48H2,1-24H3. The smallest absolute Gasteiger partial charge is 0.252 e. The minimum absolute atomic E-state index is 0.00694. The van der Waals surface area contributed by atoms with Crippen molar-refractivity contribution < 1.29 is 0 Å². The highest BCUT2D eigenvalue weighted by atomic mass is 15.2. The molecule has 0 saturated carbocycles. The summed E-state index contributed by atoms with van der Waals surface area (Å²) in [6, 6.07) is 46.8. The van der Waals surface area contributed by atoms with Gasteiger partial charge < -0.3 is 14.7 Å². The van der Waals surface area contributed by atoms with Crippen molar-refractivity contribution in [2.24, 2.45) is 0 Å². The van der Waals surface area contributed by atoms with Crippen LogP contribution in [0, 0.1) is 0 Å². The van der Waals surface area contributed by atoms with Crippen LogP contribution < -0.4 is 31.1 Å². The van der Waals surface area contributed by atoms with Crippen molar-refractivity contribution in [1.29, 1.82) is 0 Å². The number of rotatable bonds is 5. The summed E-state index contributed by atoms with van der Waals surface area (Å²) in [7, 11) is 0. The van der Waals surface area contributed by atoms with Crippen LogP contribution in [-0.2, 0) is 65.0 Å². The molecule has 2 aliphatic heterocycles. The van der Waals surface area contributed by atoms with E-state index in [0.29, 0.717) is 0 Å². The van der Waals surface area contributed by atoms with Crippen molar-refractivity contribution in [1.82, 2.24) is 0 Å². The van der Waals surface area contributed by atoms with Crippen LogP contribution in [0.1, 0.15) is 271 Å². The van der Waals surface area contributed by atoms with Crippen molar-refractivity contribution in [3.63, 3.8) is 0 Å². The predicted molar refractivity (Wildman–Crippen MR) is 379 cm³/mol. The first kappa shape index (κ1) is 58.4. The Morgan fingerprint density at radius 1 is 0.250 bits per heavy atom. The summed E-state index contributed by atoms with van der Waals surface area (Å²) in [6.45, 7) is 59.7. The van der Waals surface area contributed by atoms with Gasteiger partial charge in [0.25, 0.3) is 6.71 Å². The van der Waals surface area contributed by atoms with Gasteiger partial charge in [-0.25, -0.2) is 0 Å². The zero-order chi connectivity index (χ0) is 63.1. The van der Waals surface area contributed by atoms with Gasteiger partial charge in [0.15, 0.2) is 0 Å². The fourth-order valence-electron chi connectivity index (χ4n) is 22.5. The molecule has 0 unspecified atom stereocenters. The SMILES string of the molecule is CC1(C)CC(C)(C)c2cc(N(c3cc4c5c(c3)N(c3ccc6c(c3)C(C)(C)CC6(C)C)c3cc6c(cc3B5c3cc5c(cc3N4c3ccc4c(c3)C(C)(C)CC4(C)C)C(C)(C)CC5(C)C)C(C)(C)CC6(C)C)c3ccc4c(c3)C(C)(C)CC4(C)C)ccc21. The monoisotopic (exact) mass is 1160 g/mol. The molecule has 4 heteroatoms. The van der Waals surface area contributed by atoms with Gasteiger partial charge in [-0.15, -0.1) is 0 Å². The molecule has 7 aromatic rings. The molecule has 7 aromatic carbocycles. The fraction of sp³-hybridized carbons (Fsp3) is 0.500. The second-order valence-electron chi connectivity index (χ2n) is 37.8. The summed E-state index contributed by atoms with van der Waals surface area (Å²) in [5.41, 5.74) is 33.8. The van der Waals surface area contributed by atoms with Gasteiger partial charge in [0.2, 0.25) is 0 Å². The Balaban J connectivity index is 1.11. The van der Waals surface area contributed by atoms with E-state index in [1.807, 2.05) is 0 Å². The molecule has 6 aliphatic carbocycles. The van der Waals surface area contributed by atoms with Gasteiger partial charge in [0.1, 0.15) is 0 Å². The fourth-order valence-corrected chi connectivity index (χ4v) is 22.5. The third-order valence-electron chi connectivity index (χ3n) is 24.7. The third kappa shape index (κ3) is 7.99. The zero-order valence-corrected chi connectivity index (χ0v) is 58.6. The highest BCUT2D eigenvalue weighted by molar-refractivity contribution is 7.00. The Kier molecular flexibility index (Phi) is 11.4.